The fourth-order valence-electron chi connectivity index (χ4n) is 5.54. The van der Waals surface area contributed by atoms with Crippen LogP contribution in [0.4, 0.5) is 0 Å². The fraction of sp³-hybridized carbons (Fsp3) is 1.00. The Balaban J connectivity index is 1.82. The summed E-state index contributed by atoms with van der Waals surface area (Å²) < 4.78 is 0. The van der Waals surface area contributed by atoms with Gasteiger partial charge in [0.25, 0.3) is 0 Å². The summed E-state index contributed by atoms with van der Waals surface area (Å²) in [5.41, 5.74) is 1.10. The Labute approximate surface area is 106 Å². The van der Waals surface area contributed by atoms with E-state index >= 15 is 0 Å². The van der Waals surface area contributed by atoms with Crippen LogP contribution in [0.15, 0.2) is 0 Å². The first-order valence-corrected chi connectivity index (χ1v) is 7.63. The Bertz CT molecular complexity index is 309. The summed E-state index contributed by atoms with van der Waals surface area (Å²) in [5, 5.41) is 9.92. The Kier molecular flexibility index (Phi) is 2.63. The second-order valence-corrected chi connectivity index (χ2v) is 7.80. The molecule has 5 atom stereocenters. The average Bonchev–Trinajstić information content (AvgIpc) is 2.61. The van der Waals surface area contributed by atoms with Crippen molar-refractivity contribution >= 4 is 0 Å². The van der Waals surface area contributed by atoms with Crippen LogP contribution in [0.3, 0.4) is 0 Å². The lowest BCUT2D eigenvalue weighted by atomic mass is 9.61. The maximum absolute atomic E-state index is 9.92. The predicted octanol–water partition coefficient (Wildman–Crippen LogP) is 4.00. The minimum absolute atomic E-state index is 0.000381. The summed E-state index contributed by atoms with van der Waals surface area (Å²) >= 11 is 0. The molecule has 0 amide bonds. The Morgan fingerprint density at radius 1 is 1.00 bits per heavy atom. The molecule has 0 saturated heterocycles. The number of hydrogen-bond acceptors (Lipinski definition) is 1. The highest BCUT2D eigenvalue weighted by atomic mass is 16.3. The van der Waals surface area contributed by atoms with Crippen LogP contribution in [0.2, 0.25) is 0 Å². The molecule has 1 nitrogen and oxygen atoms in total. The molecule has 0 spiro atoms. The highest BCUT2D eigenvalue weighted by Gasteiger charge is 2.62. The lowest BCUT2D eigenvalue weighted by Crippen LogP contribution is -2.38. The van der Waals surface area contributed by atoms with Crippen molar-refractivity contribution in [2.75, 3.05) is 0 Å². The van der Waals surface area contributed by atoms with Crippen LogP contribution in [0.25, 0.3) is 0 Å². The van der Waals surface area contributed by atoms with Gasteiger partial charge in [-0.1, -0.05) is 27.2 Å². The van der Waals surface area contributed by atoms with E-state index in [2.05, 4.69) is 20.8 Å². The zero-order valence-electron chi connectivity index (χ0n) is 11.7. The maximum atomic E-state index is 9.92. The molecule has 3 rings (SSSR count). The quantitative estimate of drug-likeness (QED) is 0.729. The molecule has 3 aliphatic carbocycles. The van der Waals surface area contributed by atoms with Gasteiger partial charge in [-0.25, -0.2) is 0 Å². The molecule has 0 aromatic carbocycles. The van der Waals surface area contributed by atoms with Crippen molar-refractivity contribution < 1.29 is 5.11 Å². The molecule has 17 heavy (non-hydrogen) atoms. The summed E-state index contributed by atoms with van der Waals surface area (Å²) in [5.74, 6) is 2.66. The molecule has 98 valence electrons. The number of aliphatic hydroxyl groups excluding tert-OH is 1. The van der Waals surface area contributed by atoms with Gasteiger partial charge < -0.3 is 5.11 Å². The van der Waals surface area contributed by atoms with Gasteiger partial charge in [-0.05, 0) is 67.1 Å². The van der Waals surface area contributed by atoms with E-state index in [1.165, 1.54) is 32.1 Å². The van der Waals surface area contributed by atoms with E-state index in [-0.39, 0.29) is 6.10 Å². The Morgan fingerprint density at radius 3 is 2.29 bits per heavy atom. The van der Waals surface area contributed by atoms with E-state index in [9.17, 15) is 5.11 Å². The van der Waals surface area contributed by atoms with Gasteiger partial charge in [-0.3, -0.25) is 0 Å². The van der Waals surface area contributed by atoms with Crippen molar-refractivity contribution in [1.29, 1.82) is 0 Å². The van der Waals surface area contributed by atoms with Crippen molar-refractivity contribution in [3.63, 3.8) is 0 Å². The molecule has 3 fully saturated rings. The number of fused-ring (bicyclic) bond motifs is 2. The van der Waals surface area contributed by atoms with E-state index in [0.717, 1.165) is 30.6 Å². The van der Waals surface area contributed by atoms with Gasteiger partial charge in [0.1, 0.15) is 0 Å². The largest absolute Gasteiger partial charge is 0.393 e. The first-order chi connectivity index (χ1) is 7.95. The molecular formula is C16H28O. The highest BCUT2D eigenvalue weighted by molar-refractivity contribution is 5.11. The van der Waals surface area contributed by atoms with Gasteiger partial charge in [0.15, 0.2) is 0 Å². The third-order valence-electron chi connectivity index (χ3n) is 7.12. The molecule has 3 saturated carbocycles. The third-order valence-corrected chi connectivity index (χ3v) is 7.12. The van der Waals surface area contributed by atoms with Crippen LogP contribution in [-0.4, -0.2) is 11.2 Å². The van der Waals surface area contributed by atoms with E-state index in [1.54, 1.807) is 0 Å². The van der Waals surface area contributed by atoms with Crippen LogP contribution >= 0.6 is 0 Å². The van der Waals surface area contributed by atoms with E-state index in [4.69, 9.17) is 0 Å². The van der Waals surface area contributed by atoms with Crippen LogP contribution in [0.5, 0.6) is 0 Å². The number of aliphatic hydroxyl groups is 1. The summed E-state index contributed by atoms with van der Waals surface area (Å²) in [4.78, 5) is 0. The fourth-order valence-corrected chi connectivity index (χ4v) is 5.54. The second kappa shape index (κ2) is 3.73. The van der Waals surface area contributed by atoms with E-state index in [1.807, 2.05) is 0 Å². The molecule has 0 aromatic heterocycles. The van der Waals surface area contributed by atoms with Crippen molar-refractivity contribution in [3.05, 3.63) is 0 Å². The van der Waals surface area contributed by atoms with Crippen LogP contribution < -0.4 is 0 Å². The molecule has 0 aliphatic heterocycles. The smallest absolute Gasteiger partial charge is 0.0543 e. The molecule has 2 bridgehead atoms. The summed E-state index contributed by atoms with van der Waals surface area (Å²) in [6, 6.07) is 0. The highest BCUT2D eigenvalue weighted by Crippen LogP contribution is 2.70. The first-order valence-electron chi connectivity index (χ1n) is 7.63. The van der Waals surface area contributed by atoms with Crippen molar-refractivity contribution in [2.45, 2.75) is 71.8 Å². The predicted molar refractivity (Wildman–Crippen MR) is 70.7 cm³/mol. The van der Waals surface area contributed by atoms with Crippen LogP contribution in [-0.2, 0) is 0 Å². The van der Waals surface area contributed by atoms with E-state index < -0.39 is 0 Å². The van der Waals surface area contributed by atoms with E-state index in [0.29, 0.717) is 10.8 Å². The summed E-state index contributed by atoms with van der Waals surface area (Å²) in [6.07, 6.45) is 9.09. The van der Waals surface area contributed by atoms with Crippen LogP contribution in [0, 0.1) is 28.6 Å². The zero-order valence-corrected chi connectivity index (χ0v) is 11.7. The minimum atomic E-state index is -0.000381. The van der Waals surface area contributed by atoms with Gasteiger partial charge >= 0.3 is 0 Å². The first kappa shape index (κ1) is 12.0. The number of rotatable bonds is 1. The van der Waals surface area contributed by atoms with Crippen molar-refractivity contribution in [2.24, 2.45) is 28.6 Å². The van der Waals surface area contributed by atoms with Gasteiger partial charge in [-0.15, -0.1) is 0 Å². The topological polar surface area (TPSA) is 20.2 Å². The van der Waals surface area contributed by atoms with Gasteiger partial charge in [0.2, 0.25) is 0 Å². The second-order valence-electron chi connectivity index (χ2n) is 7.80. The van der Waals surface area contributed by atoms with Crippen molar-refractivity contribution in [1.82, 2.24) is 0 Å². The summed E-state index contributed by atoms with van der Waals surface area (Å²) in [6.45, 7) is 7.56. The van der Waals surface area contributed by atoms with Gasteiger partial charge in [-0.2, -0.15) is 0 Å². The molecule has 0 radical (unpaired) electrons. The molecule has 1 heteroatoms. The molecule has 0 unspecified atom stereocenters. The Morgan fingerprint density at radius 2 is 1.76 bits per heavy atom. The Hall–Kier alpha value is -0.0400. The third kappa shape index (κ3) is 1.54. The van der Waals surface area contributed by atoms with Crippen LogP contribution in [0.1, 0.15) is 65.7 Å². The van der Waals surface area contributed by atoms with Gasteiger partial charge in [0.05, 0.1) is 6.10 Å². The lowest BCUT2D eigenvalue weighted by Gasteiger charge is -2.44. The molecule has 0 heterocycles. The molecular weight excluding hydrogens is 208 g/mol. The zero-order chi connectivity index (χ0) is 12.3. The lowest BCUT2D eigenvalue weighted by molar-refractivity contribution is 0.0168. The molecule has 0 aromatic rings. The monoisotopic (exact) mass is 236 g/mol. The number of hydrogen-bond donors (Lipinski definition) is 1. The van der Waals surface area contributed by atoms with Crippen molar-refractivity contribution in [3.8, 4) is 0 Å². The standard InChI is InChI=1S/C16H28O/c1-15(2)12-7-8-16(15,3)14(10-12)11-5-4-6-13(17)9-11/h11-14,17H,4-10H2,1-3H3/t11-,12-,13+,14-,16-/m0/s1. The normalized spacial score (nSPS) is 52.9. The van der Waals surface area contributed by atoms with Gasteiger partial charge in [0, 0.05) is 0 Å². The minimum Gasteiger partial charge on any atom is -0.393 e. The maximum Gasteiger partial charge on any atom is 0.0543 e. The summed E-state index contributed by atoms with van der Waals surface area (Å²) in [7, 11) is 0. The SMILES string of the molecule is CC1(C)[C@H]2CC[C@@]1(C)[C@H]([C@H]1CCC[C@@H](O)C1)C2. The average molecular weight is 236 g/mol. The molecule has 3 aliphatic rings. The molecule has 1 N–H and O–H groups in total.